The third-order valence-electron chi connectivity index (χ3n) is 2.56. The van der Waals surface area contributed by atoms with Gasteiger partial charge in [-0.25, -0.2) is 4.79 Å². The number of hydrogen-bond acceptors (Lipinski definition) is 3. The van der Waals surface area contributed by atoms with E-state index in [4.69, 9.17) is 0 Å². The van der Waals surface area contributed by atoms with Gasteiger partial charge in [0.1, 0.15) is 0 Å². The summed E-state index contributed by atoms with van der Waals surface area (Å²) in [6, 6.07) is 7.81. The number of carbonyl (C=O) groups is 2. The maximum Gasteiger partial charge on any atom is 0.397 e. The number of benzene rings is 1. The van der Waals surface area contributed by atoms with E-state index in [1.54, 1.807) is 13.0 Å². The van der Waals surface area contributed by atoms with Crippen molar-refractivity contribution in [2.24, 2.45) is 0 Å². The summed E-state index contributed by atoms with van der Waals surface area (Å²) in [6.07, 6.45) is 4.97. The number of fused-ring (bicyclic) bond motifs is 1. The molecule has 2 aromatic rings. The van der Waals surface area contributed by atoms with Crippen LogP contribution < -0.4 is 5.32 Å². The maximum atomic E-state index is 11.3. The highest BCUT2D eigenvalue weighted by atomic mass is 16.5. The molecule has 1 heterocycles. The van der Waals surface area contributed by atoms with Crippen LogP contribution in [0.3, 0.4) is 0 Å². The summed E-state index contributed by atoms with van der Waals surface area (Å²) >= 11 is 0. The van der Waals surface area contributed by atoms with E-state index in [9.17, 15) is 9.59 Å². The van der Waals surface area contributed by atoms with Gasteiger partial charge in [-0.1, -0.05) is 18.2 Å². The molecule has 2 N–H and O–H groups in total. The predicted octanol–water partition coefficient (Wildman–Crippen LogP) is 1.82. The minimum atomic E-state index is -0.883. The summed E-state index contributed by atoms with van der Waals surface area (Å²) in [5, 5.41) is 3.41. The van der Waals surface area contributed by atoms with Crippen molar-refractivity contribution in [1.82, 2.24) is 10.3 Å². The SMILES string of the molecule is CCOC(=O)C(=O)N/C=C\c1c[nH]c2ccccc12. The highest BCUT2D eigenvalue weighted by Gasteiger charge is 2.12. The van der Waals surface area contributed by atoms with Gasteiger partial charge in [0.2, 0.25) is 0 Å². The van der Waals surface area contributed by atoms with Crippen molar-refractivity contribution >= 4 is 28.9 Å². The molecule has 98 valence electrons. The zero-order chi connectivity index (χ0) is 13.7. The molecular weight excluding hydrogens is 244 g/mol. The minimum absolute atomic E-state index is 0.179. The van der Waals surface area contributed by atoms with Gasteiger partial charge < -0.3 is 15.0 Å². The molecule has 5 heteroatoms. The molecule has 0 saturated heterocycles. The number of aromatic amines is 1. The Morgan fingerprint density at radius 2 is 2.16 bits per heavy atom. The average Bonchev–Trinajstić information content (AvgIpc) is 2.82. The third-order valence-corrected chi connectivity index (χ3v) is 2.56. The molecule has 0 aliphatic carbocycles. The Kier molecular flexibility index (Phi) is 3.97. The van der Waals surface area contributed by atoms with Gasteiger partial charge in [-0.05, 0) is 19.1 Å². The first kappa shape index (κ1) is 12.9. The molecule has 0 atom stereocenters. The van der Waals surface area contributed by atoms with Crippen molar-refractivity contribution in [3.8, 4) is 0 Å². The normalized spacial score (nSPS) is 10.8. The van der Waals surface area contributed by atoms with E-state index >= 15 is 0 Å². The molecule has 5 nitrogen and oxygen atoms in total. The first-order valence-electron chi connectivity index (χ1n) is 5.92. The van der Waals surface area contributed by atoms with Crippen LogP contribution in [0.4, 0.5) is 0 Å². The van der Waals surface area contributed by atoms with E-state index < -0.39 is 11.9 Å². The van der Waals surface area contributed by atoms with E-state index in [0.29, 0.717) is 0 Å². The topological polar surface area (TPSA) is 71.2 Å². The smallest absolute Gasteiger partial charge is 0.397 e. The lowest BCUT2D eigenvalue weighted by Crippen LogP contribution is -2.28. The maximum absolute atomic E-state index is 11.3. The number of aromatic nitrogens is 1. The second-order valence-corrected chi connectivity index (χ2v) is 3.82. The Balaban J connectivity index is 2.03. The van der Waals surface area contributed by atoms with Gasteiger partial charge in [-0.2, -0.15) is 0 Å². The fourth-order valence-electron chi connectivity index (χ4n) is 1.69. The largest absolute Gasteiger partial charge is 0.459 e. The van der Waals surface area contributed by atoms with Gasteiger partial charge in [0.05, 0.1) is 6.61 Å². The fraction of sp³-hybridized carbons (Fsp3) is 0.143. The van der Waals surface area contributed by atoms with Gasteiger partial charge in [-0.15, -0.1) is 0 Å². The first-order valence-corrected chi connectivity index (χ1v) is 5.92. The second-order valence-electron chi connectivity index (χ2n) is 3.82. The summed E-state index contributed by atoms with van der Waals surface area (Å²) in [5.41, 5.74) is 1.94. The molecular formula is C14H14N2O3. The Hall–Kier alpha value is -2.56. The monoisotopic (exact) mass is 258 g/mol. The molecule has 0 spiro atoms. The average molecular weight is 258 g/mol. The number of amides is 1. The number of rotatable bonds is 3. The Labute approximate surface area is 110 Å². The Morgan fingerprint density at radius 3 is 2.95 bits per heavy atom. The van der Waals surface area contributed by atoms with Gasteiger partial charge in [0, 0.05) is 28.9 Å². The number of hydrogen-bond donors (Lipinski definition) is 2. The van der Waals surface area contributed by atoms with Crippen LogP contribution in [0.1, 0.15) is 12.5 Å². The summed E-state index contributed by atoms with van der Waals surface area (Å²) < 4.78 is 4.57. The molecule has 0 bridgehead atoms. The summed E-state index contributed by atoms with van der Waals surface area (Å²) in [7, 11) is 0. The molecule has 0 unspecified atom stereocenters. The van der Waals surface area contributed by atoms with Crippen LogP contribution in [-0.2, 0) is 14.3 Å². The van der Waals surface area contributed by atoms with Crippen LogP contribution >= 0.6 is 0 Å². The molecule has 0 aliphatic rings. The number of nitrogens with one attached hydrogen (secondary N) is 2. The molecule has 1 aromatic carbocycles. The molecule has 2 rings (SSSR count). The Bertz CT molecular complexity index is 628. The summed E-state index contributed by atoms with van der Waals surface area (Å²) in [5.74, 6) is -1.66. The Morgan fingerprint density at radius 1 is 1.37 bits per heavy atom. The van der Waals surface area contributed by atoms with Crippen molar-refractivity contribution in [2.45, 2.75) is 6.92 Å². The van der Waals surface area contributed by atoms with Crippen LogP contribution in [0.5, 0.6) is 0 Å². The van der Waals surface area contributed by atoms with Gasteiger partial charge in [-0.3, -0.25) is 4.79 Å². The van der Waals surface area contributed by atoms with Crippen LogP contribution in [0, 0.1) is 0 Å². The molecule has 1 aromatic heterocycles. The standard InChI is InChI=1S/C14H14N2O3/c1-2-19-14(18)13(17)15-8-7-10-9-16-12-6-4-3-5-11(10)12/h3-9,16H,2H2,1H3,(H,15,17)/b8-7-. The summed E-state index contributed by atoms with van der Waals surface area (Å²) in [4.78, 5) is 25.5. The highest BCUT2D eigenvalue weighted by molar-refractivity contribution is 6.32. The number of esters is 1. The van der Waals surface area contributed by atoms with E-state index in [2.05, 4.69) is 15.0 Å². The third kappa shape index (κ3) is 3.01. The van der Waals surface area contributed by atoms with Crippen LogP contribution in [0.2, 0.25) is 0 Å². The molecule has 0 aliphatic heterocycles. The molecule has 1 amide bonds. The van der Waals surface area contributed by atoms with E-state index in [1.807, 2.05) is 30.5 Å². The van der Waals surface area contributed by atoms with Crippen LogP contribution in [0.15, 0.2) is 36.7 Å². The lowest BCUT2D eigenvalue weighted by molar-refractivity contribution is -0.154. The van der Waals surface area contributed by atoms with Crippen molar-refractivity contribution in [3.05, 3.63) is 42.2 Å². The van der Waals surface area contributed by atoms with Crippen LogP contribution in [-0.4, -0.2) is 23.5 Å². The van der Waals surface area contributed by atoms with Gasteiger partial charge in [0.25, 0.3) is 0 Å². The lowest BCUT2D eigenvalue weighted by atomic mass is 10.2. The van der Waals surface area contributed by atoms with Crippen molar-refractivity contribution < 1.29 is 14.3 Å². The lowest BCUT2D eigenvalue weighted by Gasteiger charge is -1.99. The quantitative estimate of drug-likeness (QED) is 0.651. The molecule has 0 radical (unpaired) electrons. The first-order chi connectivity index (χ1) is 9.22. The van der Waals surface area contributed by atoms with E-state index in [0.717, 1.165) is 16.5 Å². The number of para-hydroxylation sites is 1. The number of H-pyrrole nitrogens is 1. The van der Waals surface area contributed by atoms with Crippen molar-refractivity contribution in [3.63, 3.8) is 0 Å². The number of carbonyl (C=O) groups excluding carboxylic acids is 2. The van der Waals surface area contributed by atoms with Crippen molar-refractivity contribution in [2.75, 3.05) is 6.61 Å². The van der Waals surface area contributed by atoms with Crippen LogP contribution in [0.25, 0.3) is 17.0 Å². The zero-order valence-electron chi connectivity index (χ0n) is 10.5. The highest BCUT2D eigenvalue weighted by Crippen LogP contribution is 2.18. The van der Waals surface area contributed by atoms with Crippen molar-refractivity contribution in [1.29, 1.82) is 0 Å². The second kappa shape index (κ2) is 5.86. The van der Waals surface area contributed by atoms with E-state index in [-0.39, 0.29) is 6.61 Å². The van der Waals surface area contributed by atoms with Gasteiger partial charge in [0.15, 0.2) is 0 Å². The molecule has 0 saturated carbocycles. The summed E-state index contributed by atoms with van der Waals surface area (Å²) in [6.45, 7) is 1.82. The zero-order valence-corrected chi connectivity index (χ0v) is 10.5. The molecule has 0 fully saturated rings. The van der Waals surface area contributed by atoms with Gasteiger partial charge >= 0.3 is 11.9 Å². The number of ether oxygens (including phenoxy) is 1. The minimum Gasteiger partial charge on any atom is -0.459 e. The predicted molar refractivity (Wildman–Crippen MR) is 72.1 cm³/mol. The fourth-order valence-corrected chi connectivity index (χ4v) is 1.69. The molecule has 19 heavy (non-hydrogen) atoms. The van der Waals surface area contributed by atoms with E-state index in [1.165, 1.54) is 6.20 Å².